The van der Waals surface area contributed by atoms with Gasteiger partial charge < -0.3 is 4.90 Å². The summed E-state index contributed by atoms with van der Waals surface area (Å²) in [5, 5.41) is 19.2. The van der Waals surface area contributed by atoms with Crippen LogP contribution in [0.5, 0.6) is 0 Å². The van der Waals surface area contributed by atoms with Crippen molar-refractivity contribution in [2.75, 3.05) is 20.6 Å². The third-order valence-corrected chi connectivity index (χ3v) is 6.20. The van der Waals surface area contributed by atoms with Crippen LogP contribution in [0.4, 0.5) is 0 Å². The molecule has 0 N–H and O–H groups in total. The highest BCUT2D eigenvalue weighted by atomic mass is 16.1. The van der Waals surface area contributed by atoms with Crippen LogP contribution in [0.3, 0.4) is 0 Å². The molecule has 35 heavy (non-hydrogen) atoms. The molecule has 3 aromatic rings. The summed E-state index contributed by atoms with van der Waals surface area (Å²) in [5.74, 6) is -3.02. The third-order valence-electron chi connectivity index (χ3n) is 6.20. The molecule has 0 aliphatic carbocycles. The Labute approximate surface area is 207 Å². The second-order valence-electron chi connectivity index (χ2n) is 8.92. The SMILES string of the molecule is CN(C)C[C@H](C(=O)c1ccccc1)[C@H](c1ccccc1)[C@@H](CC(C#N)C#N)C(=O)c1ccccc1. The van der Waals surface area contributed by atoms with E-state index in [2.05, 4.69) is 0 Å². The smallest absolute Gasteiger partial charge is 0.167 e. The first-order valence-electron chi connectivity index (χ1n) is 11.6. The van der Waals surface area contributed by atoms with Crippen molar-refractivity contribution in [3.8, 4) is 12.1 Å². The Morgan fingerprint density at radius 2 is 1.14 bits per heavy atom. The molecule has 0 saturated heterocycles. The van der Waals surface area contributed by atoms with E-state index < -0.39 is 23.7 Å². The highest BCUT2D eigenvalue weighted by Crippen LogP contribution is 2.40. The summed E-state index contributed by atoms with van der Waals surface area (Å²) in [7, 11) is 3.80. The number of benzene rings is 3. The van der Waals surface area contributed by atoms with Crippen molar-refractivity contribution in [1.82, 2.24) is 4.90 Å². The second-order valence-corrected chi connectivity index (χ2v) is 8.92. The van der Waals surface area contributed by atoms with Gasteiger partial charge in [-0.2, -0.15) is 10.5 Å². The minimum Gasteiger partial charge on any atom is -0.309 e. The average molecular weight is 464 g/mol. The van der Waals surface area contributed by atoms with Gasteiger partial charge in [-0.1, -0.05) is 91.0 Å². The van der Waals surface area contributed by atoms with Crippen molar-refractivity contribution in [2.24, 2.45) is 17.8 Å². The largest absolute Gasteiger partial charge is 0.309 e. The molecule has 0 aromatic heterocycles. The number of carbonyl (C=O) groups excluding carboxylic acids is 2. The van der Waals surface area contributed by atoms with Crippen molar-refractivity contribution in [3.63, 3.8) is 0 Å². The summed E-state index contributed by atoms with van der Waals surface area (Å²) < 4.78 is 0. The van der Waals surface area contributed by atoms with Crippen molar-refractivity contribution in [1.29, 1.82) is 10.5 Å². The molecule has 0 unspecified atom stereocenters. The predicted molar refractivity (Wildman–Crippen MR) is 136 cm³/mol. The summed E-state index contributed by atoms with van der Waals surface area (Å²) >= 11 is 0. The van der Waals surface area contributed by atoms with E-state index in [0.717, 1.165) is 5.56 Å². The van der Waals surface area contributed by atoms with Crippen molar-refractivity contribution in [3.05, 3.63) is 108 Å². The van der Waals surface area contributed by atoms with Gasteiger partial charge in [0.15, 0.2) is 11.6 Å². The Bertz CT molecular complexity index is 1180. The number of nitrogens with zero attached hydrogens (tertiary/aromatic N) is 3. The van der Waals surface area contributed by atoms with Gasteiger partial charge in [0.2, 0.25) is 0 Å². The van der Waals surface area contributed by atoms with E-state index >= 15 is 0 Å². The first-order chi connectivity index (χ1) is 17.0. The molecular weight excluding hydrogens is 434 g/mol. The summed E-state index contributed by atoms with van der Waals surface area (Å²) in [6.45, 7) is 0.412. The van der Waals surface area contributed by atoms with Crippen molar-refractivity contribution < 1.29 is 9.59 Å². The van der Waals surface area contributed by atoms with Gasteiger partial charge in [0.1, 0.15) is 5.92 Å². The van der Waals surface area contributed by atoms with E-state index in [9.17, 15) is 20.1 Å². The van der Waals surface area contributed by atoms with Crippen molar-refractivity contribution >= 4 is 11.6 Å². The van der Waals surface area contributed by atoms with Gasteiger partial charge in [0.05, 0.1) is 12.1 Å². The quantitative estimate of drug-likeness (QED) is 0.356. The molecule has 0 bridgehead atoms. The van der Waals surface area contributed by atoms with E-state index in [1.807, 2.05) is 85.7 Å². The van der Waals surface area contributed by atoms with E-state index in [4.69, 9.17) is 0 Å². The van der Waals surface area contributed by atoms with Gasteiger partial charge in [-0.15, -0.1) is 0 Å². The third kappa shape index (κ3) is 6.51. The van der Waals surface area contributed by atoms with Crippen LogP contribution in [-0.4, -0.2) is 37.1 Å². The van der Waals surface area contributed by atoms with Crippen LogP contribution in [0, 0.1) is 40.4 Å². The molecule has 0 amide bonds. The number of hydrogen-bond donors (Lipinski definition) is 0. The zero-order chi connectivity index (χ0) is 25.2. The summed E-state index contributed by atoms with van der Waals surface area (Å²) in [4.78, 5) is 29.8. The van der Waals surface area contributed by atoms with E-state index in [-0.39, 0.29) is 18.0 Å². The van der Waals surface area contributed by atoms with E-state index in [0.29, 0.717) is 17.7 Å². The fraction of sp³-hybridized carbons (Fsp3) is 0.267. The highest BCUT2D eigenvalue weighted by molar-refractivity contribution is 6.01. The fourth-order valence-electron chi connectivity index (χ4n) is 4.61. The molecule has 3 atom stereocenters. The molecule has 0 fully saturated rings. The predicted octanol–water partition coefficient (Wildman–Crippen LogP) is 5.38. The molecule has 5 heteroatoms. The van der Waals surface area contributed by atoms with Gasteiger partial charge in [0.25, 0.3) is 0 Å². The number of carbonyl (C=O) groups is 2. The topological polar surface area (TPSA) is 85.0 Å². The molecular formula is C30H29N3O2. The monoisotopic (exact) mass is 463 g/mol. The molecule has 0 saturated carbocycles. The van der Waals surface area contributed by atoms with Crippen LogP contribution >= 0.6 is 0 Å². The average Bonchev–Trinajstić information content (AvgIpc) is 2.90. The summed E-state index contributed by atoms with van der Waals surface area (Å²) in [6.07, 6.45) is 0.0479. The lowest BCUT2D eigenvalue weighted by Crippen LogP contribution is -2.39. The Morgan fingerprint density at radius 1 is 0.714 bits per heavy atom. The lowest BCUT2D eigenvalue weighted by Gasteiger charge is -2.34. The normalized spacial score (nSPS) is 13.4. The zero-order valence-electron chi connectivity index (χ0n) is 20.0. The maximum absolute atomic E-state index is 13.9. The van der Waals surface area contributed by atoms with E-state index in [1.165, 1.54) is 0 Å². The number of nitriles is 2. The lowest BCUT2D eigenvalue weighted by atomic mass is 9.68. The molecule has 5 nitrogen and oxygen atoms in total. The van der Waals surface area contributed by atoms with Crippen LogP contribution in [0.25, 0.3) is 0 Å². The van der Waals surface area contributed by atoms with Crippen LogP contribution in [0.1, 0.15) is 38.6 Å². The molecule has 3 rings (SSSR count). The van der Waals surface area contributed by atoms with Crippen LogP contribution < -0.4 is 0 Å². The number of rotatable bonds is 11. The van der Waals surface area contributed by atoms with E-state index in [1.54, 1.807) is 36.4 Å². The Hall–Kier alpha value is -4.06. The standard InChI is InChI=1S/C30H29N3O2/c1-33(2)21-27(30(35)25-16-10-5-11-17-25)28(23-12-6-3-7-13-23)26(18-22(19-31)20-32)29(34)24-14-8-4-9-15-24/h3-17,22,26-28H,18,21H2,1-2H3/t26-,27+,28-/m1/s1. The minimum atomic E-state index is -0.967. The Kier molecular flexibility index (Phi) is 9.07. The van der Waals surface area contributed by atoms with Gasteiger partial charge in [0, 0.05) is 35.4 Å². The summed E-state index contributed by atoms with van der Waals surface area (Å²) in [6, 6.07) is 31.5. The van der Waals surface area contributed by atoms with Gasteiger partial charge in [-0.3, -0.25) is 9.59 Å². The Morgan fingerprint density at radius 3 is 1.57 bits per heavy atom. The second kappa shape index (κ2) is 12.4. The molecule has 0 radical (unpaired) electrons. The molecule has 0 aliphatic heterocycles. The summed E-state index contributed by atoms with van der Waals surface area (Å²) in [5.41, 5.74) is 1.92. The van der Waals surface area contributed by atoms with Gasteiger partial charge in [-0.25, -0.2) is 0 Å². The van der Waals surface area contributed by atoms with Gasteiger partial charge in [-0.05, 0) is 26.1 Å². The lowest BCUT2D eigenvalue weighted by molar-refractivity contribution is 0.0776. The molecule has 176 valence electrons. The maximum Gasteiger partial charge on any atom is 0.167 e. The van der Waals surface area contributed by atoms with Gasteiger partial charge >= 0.3 is 0 Å². The number of ketones is 2. The first-order valence-corrected chi connectivity index (χ1v) is 11.6. The van der Waals surface area contributed by atoms with Crippen LogP contribution in [0.15, 0.2) is 91.0 Å². The Balaban J connectivity index is 2.20. The van der Waals surface area contributed by atoms with Crippen LogP contribution in [0.2, 0.25) is 0 Å². The highest BCUT2D eigenvalue weighted by Gasteiger charge is 2.40. The molecule has 0 spiro atoms. The number of hydrogen-bond acceptors (Lipinski definition) is 5. The maximum atomic E-state index is 13.9. The molecule has 0 heterocycles. The first kappa shape index (κ1) is 25.6. The zero-order valence-corrected chi connectivity index (χ0v) is 20.0. The minimum absolute atomic E-state index is 0.0479. The molecule has 0 aliphatic rings. The fourth-order valence-corrected chi connectivity index (χ4v) is 4.61. The number of Topliss-reactive ketones (excluding diaryl/α,β-unsaturated/α-hetero) is 2. The van der Waals surface area contributed by atoms with Crippen molar-refractivity contribution in [2.45, 2.75) is 12.3 Å². The molecule has 3 aromatic carbocycles. The van der Waals surface area contributed by atoms with Crippen LogP contribution in [-0.2, 0) is 0 Å².